The normalized spacial score (nSPS) is 10.3. The van der Waals surface area contributed by atoms with E-state index in [0.717, 1.165) is 17.7 Å². The zero-order valence-corrected chi connectivity index (χ0v) is 10.2. The first-order valence-corrected chi connectivity index (χ1v) is 5.60. The van der Waals surface area contributed by atoms with E-state index in [0.29, 0.717) is 11.4 Å². The predicted octanol–water partition coefficient (Wildman–Crippen LogP) is 3.11. The van der Waals surface area contributed by atoms with E-state index in [1.807, 2.05) is 13.0 Å². The number of amides is 1. The summed E-state index contributed by atoms with van der Waals surface area (Å²) < 4.78 is 25.8. The second-order valence-electron chi connectivity index (χ2n) is 4.17. The number of hydrogen-bond donors (Lipinski definition) is 2. The Kier molecular flexibility index (Phi) is 3.46. The smallest absolute Gasteiger partial charge is 0.255 e. The van der Waals surface area contributed by atoms with Gasteiger partial charge in [0.15, 0.2) is 11.6 Å². The lowest BCUT2D eigenvalue weighted by molar-refractivity contribution is 0.102. The maximum atomic E-state index is 13.0. The van der Waals surface area contributed by atoms with Gasteiger partial charge in [-0.25, -0.2) is 8.78 Å². The Morgan fingerprint density at radius 1 is 1.11 bits per heavy atom. The standard InChI is InChI=1S/C14H12F2N2O/c1-8-2-5-12(17)13(6-8)18-14(19)9-3-4-10(15)11(16)7-9/h2-7H,17H2,1H3,(H,18,19). The number of nitrogens with two attached hydrogens (primary N) is 1. The van der Waals surface area contributed by atoms with Crippen molar-refractivity contribution in [3.05, 3.63) is 59.2 Å². The van der Waals surface area contributed by atoms with Gasteiger partial charge < -0.3 is 11.1 Å². The highest BCUT2D eigenvalue weighted by molar-refractivity contribution is 6.05. The fraction of sp³-hybridized carbons (Fsp3) is 0.0714. The van der Waals surface area contributed by atoms with E-state index < -0.39 is 17.5 Å². The van der Waals surface area contributed by atoms with Crippen molar-refractivity contribution in [2.24, 2.45) is 0 Å². The highest BCUT2D eigenvalue weighted by atomic mass is 19.2. The molecule has 0 aliphatic heterocycles. The average molecular weight is 262 g/mol. The van der Waals surface area contributed by atoms with Crippen molar-refractivity contribution in [2.75, 3.05) is 11.1 Å². The number of aryl methyl sites for hydroxylation is 1. The number of carbonyl (C=O) groups is 1. The first kappa shape index (κ1) is 13.0. The van der Waals surface area contributed by atoms with Gasteiger partial charge in [0.05, 0.1) is 11.4 Å². The van der Waals surface area contributed by atoms with Crippen LogP contribution in [0, 0.1) is 18.6 Å². The van der Waals surface area contributed by atoms with Crippen LogP contribution in [0.15, 0.2) is 36.4 Å². The molecule has 0 bridgehead atoms. The third kappa shape index (κ3) is 2.88. The zero-order chi connectivity index (χ0) is 14.0. The Hall–Kier alpha value is -2.43. The fourth-order valence-corrected chi connectivity index (χ4v) is 1.61. The largest absolute Gasteiger partial charge is 0.397 e. The average Bonchev–Trinajstić information content (AvgIpc) is 2.37. The van der Waals surface area contributed by atoms with Gasteiger partial charge in [-0.15, -0.1) is 0 Å². The Morgan fingerprint density at radius 2 is 1.84 bits per heavy atom. The van der Waals surface area contributed by atoms with E-state index >= 15 is 0 Å². The summed E-state index contributed by atoms with van der Waals surface area (Å²) in [5.74, 6) is -2.60. The molecule has 0 radical (unpaired) electrons. The summed E-state index contributed by atoms with van der Waals surface area (Å²) in [7, 11) is 0. The van der Waals surface area contributed by atoms with Crippen LogP contribution in [0.5, 0.6) is 0 Å². The topological polar surface area (TPSA) is 55.1 Å². The monoisotopic (exact) mass is 262 g/mol. The fourth-order valence-electron chi connectivity index (χ4n) is 1.61. The molecule has 0 aliphatic carbocycles. The molecule has 98 valence electrons. The molecular formula is C14H12F2N2O. The van der Waals surface area contributed by atoms with Crippen LogP contribution >= 0.6 is 0 Å². The van der Waals surface area contributed by atoms with E-state index in [1.54, 1.807) is 12.1 Å². The van der Waals surface area contributed by atoms with E-state index in [-0.39, 0.29) is 5.56 Å². The maximum absolute atomic E-state index is 13.0. The van der Waals surface area contributed by atoms with Gasteiger partial charge in [0, 0.05) is 5.56 Å². The second kappa shape index (κ2) is 5.06. The van der Waals surface area contributed by atoms with E-state index in [4.69, 9.17) is 5.73 Å². The molecule has 3 nitrogen and oxygen atoms in total. The molecule has 0 spiro atoms. The number of hydrogen-bond acceptors (Lipinski definition) is 2. The van der Waals surface area contributed by atoms with Gasteiger partial charge in [0.2, 0.25) is 0 Å². The molecule has 1 amide bonds. The van der Waals surface area contributed by atoms with Gasteiger partial charge in [-0.05, 0) is 42.8 Å². The lowest BCUT2D eigenvalue weighted by Crippen LogP contribution is -2.13. The number of rotatable bonds is 2. The minimum absolute atomic E-state index is 0.0276. The Bertz CT molecular complexity index is 641. The van der Waals surface area contributed by atoms with Crippen molar-refractivity contribution in [1.29, 1.82) is 0 Å². The van der Waals surface area contributed by atoms with Crippen LogP contribution in [0.25, 0.3) is 0 Å². The zero-order valence-electron chi connectivity index (χ0n) is 10.2. The summed E-state index contributed by atoms with van der Waals surface area (Å²) in [5.41, 5.74) is 7.52. The summed E-state index contributed by atoms with van der Waals surface area (Å²) in [5, 5.41) is 2.56. The number of nitrogen functional groups attached to an aromatic ring is 1. The Morgan fingerprint density at radius 3 is 2.53 bits per heavy atom. The van der Waals surface area contributed by atoms with Crippen LogP contribution < -0.4 is 11.1 Å². The molecule has 0 fully saturated rings. The molecule has 0 unspecified atom stereocenters. The molecule has 3 N–H and O–H groups in total. The van der Waals surface area contributed by atoms with Crippen molar-refractivity contribution >= 4 is 17.3 Å². The van der Waals surface area contributed by atoms with Gasteiger partial charge in [-0.2, -0.15) is 0 Å². The molecule has 0 saturated carbocycles. The van der Waals surface area contributed by atoms with Crippen LogP contribution in [0.2, 0.25) is 0 Å². The SMILES string of the molecule is Cc1ccc(N)c(NC(=O)c2ccc(F)c(F)c2)c1. The quantitative estimate of drug-likeness (QED) is 0.817. The van der Waals surface area contributed by atoms with Gasteiger partial charge in [0.1, 0.15) is 0 Å². The molecule has 0 atom stereocenters. The van der Waals surface area contributed by atoms with E-state index in [9.17, 15) is 13.6 Å². The maximum Gasteiger partial charge on any atom is 0.255 e. The molecule has 0 aromatic heterocycles. The molecule has 2 aromatic rings. The highest BCUT2D eigenvalue weighted by Gasteiger charge is 2.11. The number of carbonyl (C=O) groups excluding carboxylic acids is 1. The van der Waals surface area contributed by atoms with Crippen LogP contribution in [-0.2, 0) is 0 Å². The van der Waals surface area contributed by atoms with Crippen molar-refractivity contribution in [3.63, 3.8) is 0 Å². The summed E-state index contributed by atoms with van der Waals surface area (Å²) in [6.07, 6.45) is 0. The van der Waals surface area contributed by atoms with Crippen molar-refractivity contribution in [1.82, 2.24) is 0 Å². The molecule has 5 heteroatoms. The van der Waals surface area contributed by atoms with Gasteiger partial charge in [-0.1, -0.05) is 6.07 Å². The summed E-state index contributed by atoms with van der Waals surface area (Å²) >= 11 is 0. The Labute approximate surface area is 109 Å². The van der Waals surface area contributed by atoms with Crippen LogP contribution in [0.4, 0.5) is 20.2 Å². The summed E-state index contributed by atoms with van der Waals surface area (Å²) in [4.78, 5) is 11.9. The lowest BCUT2D eigenvalue weighted by atomic mass is 10.1. The molecule has 19 heavy (non-hydrogen) atoms. The van der Waals surface area contributed by atoms with Crippen molar-refractivity contribution < 1.29 is 13.6 Å². The van der Waals surface area contributed by atoms with E-state index in [2.05, 4.69) is 5.32 Å². The minimum Gasteiger partial charge on any atom is -0.397 e. The predicted molar refractivity (Wildman–Crippen MR) is 69.9 cm³/mol. The molecule has 0 aliphatic rings. The summed E-state index contributed by atoms with van der Waals surface area (Å²) in [6.45, 7) is 1.85. The minimum atomic E-state index is -1.06. The molecule has 0 saturated heterocycles. The van der Waals surface area contributed by atoms with Crippen LogP contribution in [0.1, 0.15) is 15.9 Å². The molecule has 2 rings (SSSR count). The third-order valence-electron chi connectivity index (χ3n) is 2.64. The van der Waals surface area contributed by atoms with Gasteiger partial charge >= 0.3 is 0 Å². The molecule has 0 heterocycles. The van der Waals surface area contributed by atoms with Crippen LogP contribution in [-0.4, -0.2) is 5.91 Å². The van der Waals surface area contributed by atoms with Crippen LogP contribution in [0.3, 0.4) is 0 Å². The third-order valence-corrected chi connectivity index (χ3v) is 2.64. The number of halogens is 2. The van der Waals surface area contributed by atoms with Crippen molar-refractivity contribution in [2.45, 2.75) is 6.92 Å². The van der Waals surface area contributed by atoms with E-state index in [1.165, 1.54) is 6.07 Å². The van der Waals surface area contributed by atoms with Gasteiger partial charge in [-0.3, -0.25) is 4.79 Å². The molecular weight excluding hydrogens is 250 g/mol. The lowest BCUT2D eigenvalue weighted by Gasteiger charge is -2.09. The van der Waals surface area contributed by atoms with Crippen molar-refractivity contribution in [3.8, 4) is 0 Å². The summed E-state index contributed by atoms with van der Waals surface area (Å²) in [6, 6.07) is 8.13. The molecule has 2 aromatic carbocycles. The number of benzene rings is 2. The number of anilines is 2. The van der Waals surface area contributed by atoms with Gasteiger partial charge in [0.25, 0.3) is 5.91 Å². The first-order chi connectivity index (χ1) is 8.97. The number of nitrogens with one attached hydrogen (secondary N) is 1. The first-order valence-electron chi connectivity index (χ1n) is 5.60. The second-order valence-corrected chi connectivity index (χ2v) is 4.17. The highest BCUT2D eigenvalue weighted by Crippen LogP contribution is 2.20. The Balaban J connectivity index is 2.25.